The standard InChI is InChI=1S/C15H16BrNO/c1-11-6-7-15(12(8-11)10-17-2)18-14-5-3-4-13(16)9-14/h3-9,17H,10H2,1-2H3. The third-order valence-corrected chi connectivity index (χ3v) is 3.10. The van der Waals surface area contributed by atoms with Gasteiger partial charge in [-0.25, -0.2) is 0 Å². The van der Waals surface area contributed by atoms with Gasteiger partial charge >= 0.3 is 0 Å². The van der Waals surface area contributed by atoms with Crippen molar-refractivity contribution in [2.24, 2.45) is 0 Å². The van der Waals surface area contributed by atoms with E-state index in [1.807, 2.05) is 37.4 Å². The van der Waals surface area contributed by atoms with Crippen LogP contribution in [0.3, 0.4) is 0 Å². The van der Waals surface area contributed by atoms with Crippen molar-refractivity contribution in [3.63, 3.8) is 0 Å². The third kappa shape index (κ3) is 3.34. The van der Waals surface area contributed by atoms with Crippen molar-refractivity contribution in [2.75, 3.05) is 7.05 Å². The van der Waals surface area contributed by atoms with E-state index < -0.39 is 0 Å². The molecular formula is C15H16BrNO. The normalized spacial score (nSPS) is 10.4. The Bertz CT molecular complexity index is 540. The first-order chi connectivity index (χ1) is 8.69. The lowest BCUT2D eigenvalue weighted by molar-refractivity contribution is 0.474. The second kappa shape index (κ2) is 6.03. The molecule has 0 saturated heterocycles. The number of ether oxygens (including phenoxy) is 1. The molecule has 0 bridgehead atoms. The SMILES string of the molecule is CNCc1cc(C)ccc1Oc1cccc(Br)c1. The summed E-state index contributed by atoms with van der Waals surface area (Å²) in [7, 11) is 1.94. The molecule has 0 unspecified atom stereocenters. The smallest absolute Gasteiger partial charge is 0.131 e. The maximum absolute atomic E-state index is 5.93. The van der Waals surface area contributed by atoms with E-state index in [2.05, 4.69) is 40.3 Å². The van der Waals surface area contributed by atoms with Gasteiger partial charge in [0.2, 0.25) is 0 Å². The van der Waals surface area contributed by atoms with Gasteiger partial charge in [0.15, 0.2) is 0 Å². The topological polar surface area (TPSA) is 21.3 Å². The molecule has 0 amide bonds. The third-order valence-electron chi connectivity index (χ3n) is 2.61. The zero-order valence-electron chi connectivity index (χ0n) is 10.5. The van der Waals surface area contributed by atoms with E-state index in [1.54, 1.807) is 0 Å². The van der Waals surface area contributed by atoms with Gasteiger partial charge in [0.1, 0.15) is 11.5 Å². The summed E-state index contributed by atoms with van der Waals surface area (Å²) in [4.78, 5) is 0. The molecule has 0 heterocycles. The van der Waals surface area contributed by atoms with Gasteiger partial charge in [0.25, 0.3) is 0 Å². The lowest BCUT2D eigenvalue weighted by Crippen LogP contribution is -2.06. The van der Waals surface area contributed by atoms with E-state index in [-0.39, 0.29) is 0 Å². The van der Waals surface area contributed by atoms with E-state index >= 15 is 0 Å². The van der Waals surface area contributed by atoms with E-state index in [4.69, 9.17) is 4.74 Å². The minimum atomic E-state index is 0.797. The molecule has 0 aromatic heterocycles. The van der Waals surface area contributed by atoms with Crippen molar-refractivity contribution in [2.45, 2.75) is 13.5 Å². The average Bonchev–Trinajstić information content (AvgIpc) is 2.33. The molecule has 2 aromatic carbocycles. The maximum atomic E-state index is 5.93. The highest BCUT2D eigenvalue weighted by molar-refractivity contribution is 9.10. The summed E-state index contributed by atoms with van der Waals surface area (Å²) >= 11 is 3.44. The summed E-state index contributed by atoms with van der Waals surface area (Å²) in [6, 6.07) is 14.1. The predicted molar refractivity (Wildman–Crippen MR) is 78.2 cm³/mol. The first kappa shape index (κ1) is 13.1. The van der Waals surface area contributed by atoms with Crippen molar-refractivity contribution in [1.82, 2.24) is 5.32 Å². The van der Waals surface area contributed by atoms with Crippen LogP contribution < -0.4 is 10.1 Å². The van der Waals surface area contributed by atoms with Crippen molar-refractivity contribution in [3.05, 3.63) is 58.1 Å². The summed E-state index contributed by atoms with van der Waals surface area (Å²) in [5.41, 5.74) is 2.40. The number of nitrogens with one attached hydrogen (secondary N) is 1. The molecule has 0 fully saturated rings. The van der Waals surface area contributed by atoms with Crippen LogP contribution in [0.15, 0.2) is 46.9 Å². The predicted octanol–water partition coefficient (Wildman–Crippen LogP) is 4.27. The number of aryl methyl sites for hydroxylation is 1. The van der Waals surface area contributed by atoms with Crippen molar-refractivity contribution >= 4 is 15.9 Å². The fraction of sp³-hybridized carbons (Fsp3) is 0.200. The molecule has 3 heteroatoms. The van der Waals surface area contributed by atoms with Gasteiger partial charge in [0, 0.05) is 16.6 Å². The van der Waals surface area contributed by atoms with Crippen LogP contribution in [0.1, 0.15) is 11.1 Å². The van der Waals surface area contributed by atoms with E-state index in [0.29, 0.717) is 0 Å². The largest absolute Gasteiger partial charge is 0.457 e. The molecule has 0 aliphatic heterocycles. The second-order valence-corrected chi connectivity index (χ2v) is 5.12. The summed E-state index contributed by atoms with van der Waals surface area (Å²) < 4.78 is 6.94. The van der Waals surface area contributed by atoms with Gasteiger partial charge in [-0.2, -0.15) is 0 Å². The molecule has 0 saturated carbocycles. The van der Waals surface area contributed by atoms with Crippen LogP contribution in [0, 0.1) is 6.92 Å². The lowest BCUT2D eigenvalue weighted by Gasteiger charge is -2.12. The molecule has 94 valence electrons. The van der Waals surface area contributed by atoms with Crippen LogP contribution in [-0.2, 0) is 6.54 Å². The van der Waals surface area contributed by atoms with Gasteiger partial charge in [0.05, 0.1) is 0 Å². The molecule has 1 N–H and O–H groups in total. The summed E-state index contributed by atoms with van der Waals surface area (Å²) in [6.07, 6.45) is 0. The number of rotatable bonds is 4. The number of halogens is 1. The van der Waals surface area contributed by atoms with E-state index in [9.17, 15) is 0 Å². The Balaban J connectivity index is 2.28. The molecule has 0 aliphatic carbocycles. The van der Waals surface area contributed by atoms with Crippen LogP contribution in [0.25, 0.3) is 0 Å². The number of benzene rings is 2. The van der Waals surface area contributed by atoms with Crippen molar-refractivity contribution < 1.29 is 4.74 Å². The Morgan fingerprint density at radius 2 is 2.00 bits per heavy atom. The summed E-state index contributed by atoms with van der Waals surface area (Å²) in [5.74, 6) is 1.73. The molecule has 2 nitrogen and oxygen atoms in total. The Kier molecular flexibility index (Phi) is 4.39. The van der Waals surface area contributed by atoms with Gasteiger partial charge in [-0.1, -0.05) is 39.7 Å². The number of hydrogen-bond acceptors (Lipinski definition) is 2. The van der Waals surface area contributed by atoms with Crippen LogP contribution in [0.2, 0.25) is 0 Å². The Labute approximate surface area is 116 Å². The summed E-state index contributed by atoms with van der Waals surface area (Å²) in [6.45, 7) is 2.88. The maximum Gasteiger partial charge on any atom is 0.131 e. The van der Waals surface area contributed by atoms with Crippen molar-refractivity contribution in [1.29, 1.82) is 0 Å². The van der Waals surface area contributed by atoms with Gasteiger partial charge in [-0.3, -0.25) is 0 Å². The Hall–Kier alpha value is -1.32. The fourth-order valence-electron chi connectivity index (χ4n) is 1.79. The van der Waals surface area contributed by atoms with Crippen LogP contribution >= 0.6 is 15.9 Å². The Morgan fingerprint density at radius 1 is 1.17 bits per heavy atom. The van der Waals surface area contributed by atoms with Crippen molar-refractivity contribution in [3.8, 4) is 11.5 Å². The van der Waals surface area contributed by atoms with Gasteiger partial charge in [-0.05, 0) is 38.2 Å². The second-order valence-electron chi connectivity index (χ2n) is 4.20. The molecule has 0 aliphatic rings. The zero-order chi connectivity index (χ0) is 13.0. The van der Waals surface area contributed by atoms with E-state index in [1.165, 1.54) is 5.56 Å². The Morgan fingerprint density at radius 3 is 2.72 bits per heavy atom. The number of hydrogen-bond donors (Lipinski definition) is 1. The minimum absolute atomic E-state index is 0.797. The molecule has 2 rings (SSSR count). The van der Waals surface area contributed by atoms with E-state index in [0.717, 1.165) is 28.1 Å². The fourth-order valence-corrected chi connectivity index (χ4v) is 2.17. The molecule has 18 heavy (non-hydrogen) atoms. The molecule has 0 spiro atoms. The highest BCUT2D eigenvalue weighted by Crippen LogP contribution is 2.28. The van der Waals surface area contributed by atoms with Gasteiger partial charge in [-0.15, -0.1) is 0 Å². The minimum Gasteiger partial charge on any atom is -0.457 e. The van der Waals surface area contributed by atoms with Crippen LogP contribution in [-0.4, -0.2) is 7.05 Å². The zero-order valence-corrected chi connectivity index (χ0v) is 12.1. The van der Waals surface area contributed by atoms with Crippen LogP contribution in [0.5, 0.6) is 11.5 Å². The first-order valence-electron chi connectivity index (χ1n) is 5.86. The highest BCUT2D eigenvalue weighted by Gasteiger charge is 2.05. The average molecular weight is 306 g/mol. The quantitative estimate of drug-likeness (QED) is 0.911. The molecule has 2 aromatic rings. The monoisotopic (exact) mass is 305 g/mol. The highest BCUT2D eigenvalue weighted by atomic mass is 79.9. The molecular weight excluding hydrogens is 290 g/mol. The van der Waals surface area contributed by atoms with Crippen LogP contribution in [0.4, 0.5) is 0 Å². The lowest BCUT2D eigenvalue weighted by atomic mass is 10.1. The first-order valence-corrected chi connectivity index (χ1v) is 6.66. The molecule has 0 radical (unpaired) electrons. The molecule has 0 atom stereocenters. The summed E-state index contributed by atoms with van der Waals surface area (Å²) in [5, 5.41) is 3.16. The van der Waals surface area contributed by atoms with Gasteiger partial charge < -0.3 is 10.1 Å².